The number of carbonyl (C=O) groups excluding carboxylic acids is 2. The fourth-order valence-electron chi connectivity index (χ4n) is 3.36. The molecule has 0 saturated carbocycles. The summed E-state index contributed by atoms with van der Waals surface area (Å²) in [6.45, 7) is 0. The number of rotatable bonds is 9. The van der Waals surface area contributed by atoms with Crippen LogP contribution in [0.15, 0.2) is 83.4 Å². The summed E-state index contributed by atoms with van der Waals surface area (Å²) in [4.78, 5) is 24.7. The number of nitriles is 1. The number of nitrogen functional groups attached to an aromatic ring is 1. The Morgan fingerprint density at radius 2 is 1.86 bits per heavy atom. The van der Waals surface area contributed by atoms with E-state index in [1.165, 1.54) is 12.1 Å². The first kappa shape index (κ1) is 26.3. The molecule has 184 valence electrons. The zero-order valence-electron chi connectivity index (χ0n) is 19.3. The van der Waals surface area contributed by atoms with Crippen molar-refractivity contribution in [2.24, 2.45) is 0 Å². The quantitative estimate of drug-likeness (QED) is 0.141. The molecule has 3 aromatic carbocycles. The Labute approximate surface area is 217 Å². The van der Waals surface area contributed by atoms with Crippen molar-refractivity contribution >= 4 is 45.0 Å². The van der Waals surface area contributed by atoms with Crippen LogP contribution in [0.25, 0.3) is 0 Å². The summed E-state index contributed by atoms with van der Waals surface area (Å²) in [6.07, 6.45) is 3.26. The maximum absolute atomic E-state index is 12.6. The number of phenolic OH excluding ortho intramolecular Hbond substituents is 1. The van der Waals surface area contributed by atoms with Crippen LogP contribution in [0.1, 0.15) is 36.5 Å². The van der Waals surface area contributed by atoms with E-state index in [1.54, 1.807) is 66.7 Å². The molecule has 9 heteroatoms. The van der Waals surface area contributed by atoms with Crippen molar-refractivity contribution in [3.05, 3.63) is 94.5 Å². The van der Waals surface area contributed by atoms with Crippen molar-refractivity contribution in [3.63, 3.8) is 0 Å². The largest absolute Gasteiger partial charge is 0.508 e. The van der Waals surface area contributed by atoms with Gasteiger partial charge < -0.3 is 20.9 Å². The van der Waals surface area contributed by atoms with E-state index in [-0.39, 0.29) is 11.7 Å². The molecule has 8 nitrogen and oxygen atoms in total. The van der Waals surface area contributed by atoms with Gasteiger partial charge in [-0.2, -0.15) is 5.26 Å². The molecule has 2 amide bonds. The van der Waals surface area contributed by atoms with Crippen LogP contribution in [0, 0.1) is 11.3 Å². The minimum Gasteiger partial charge on any atom is -0.508 e. The second-order valence-electron chi connectivity index (χ2n) is 7.82. The molecule has 0 aliphatic rings. The average Bonchev–Trinajstić information content (AvgIpc) is 2.86. The maximum atomic E-state index is 12.6. The first-order chi connectivity index (χ1) is 17.4. The van der Waals surface area contributed by atoms with E-state index in [2.05, 4.69) is 26.6 Å². The predicted molar refractivity (Wildman–Crippen MR) is 142 cm³/mol. The van der Waals surface area contributed by atoms with Crippen molar-refractivity contribution in [1.29, 1.82) is 5.26 Å². The molecule has 36 heavy (non-hydrogen) atoms. The number of nitrogens with two attached hydrogens (primary N) is 1. The second-order valence-corrected chi connectivity index (χ2v) is 8.74. The van der Waals surface area contributed by atoms with Gasteiger partial charge in [-0.3, -0.25) is 10.1 Å². The van der Waals surface area contributed by atoms with Crippen LogP contribution >= 0.6 is 15.9 Å². The number of nitrogens with zero attached hydrogens (tertiary/aromatic N) is 1. The number of aromatic hydroxyl groups is 1. The van der Waals surface area contributed by atoms with E-state index in [9.17, 15) is 14.7 Å². The normalized spacial score (nSPS) is 11.4. The number of unbranched alkanes of at least 4 members (excludes halogenated alkanes) is 1. The summed E-state index contributed by atoms with van der Waals surface area (Å²) in [5.74, 6) is -0.295. The molecule has 0 fully saturated rings. The maximum Gasteiger partial charge on any atom is 0.412 e. The summed E-state index contributed by atoms with van der Waals surface area (Å²) < 4.78 is 6.37. The number of amides is 2. The van der Waals surface area contributed by atoms with Crippen LogP contribution in [-0.2, 0) is 9.53 Å². The third-order valence-corrected chi connectivity index (χ3v) is 5.66. The van der Waals surface area contributed by atoms with Gasteiger partial charge in [-0.1, -0.05) is 34.1 Å². The molecular formula is C27H25BrN4O4. The number of hydrogen-bond acceptors (Lipinski definition) is 6. The Morgan fingerprint density at radius 3 is 2.58 bits per heavy atom. The highest BCUT2D eigenvalue weighted by Crippen LogP contribution is 2.33. The molecular weight excluding hydrogens is 524 g/mol. The monoisotopic (exact) mass is 548 g/mol. The number of ether oxygens (including phenoxy) is 1. The molecule has 0 aliphatic heterocycles. The number of hydrogen-bond donors (Lipinski definition) is 4. The number of phenols is 1. The number of nitrogens with one attached hydrogen (secondary N) is 2. The molecule has 0 heterocycles. The fourth-order valence-corrected chi connectivity index (χ4v) is 3.74. The summed E-state index contributed by atoms with van der Waals surface area (Å²) in [5, 5.41) is 24.6. The van der Waals surface area contributed by atoms with Crippen LogP contribution in [-0.4, -0.2) is 17.1 Å². The molecule has 3 rings (SSSR count). The van der Waals surface area contributed by atoms with Crippen LogP contribution in [0.2, 0.25) is 0 Å². The second kappa shape index (κ2) is 13.0. The number of halogens is 1. The van der Waals surface area contributed by atoms with Gasteiger partial charge in [0.05, 0.1) is 23.0 Å². The zero-order valence-corrected chi connectivity index (χ0v) is 20.9. The lowest BCUT2D eigenvalue weighted by Crippen LogP contribution is -2.18. The van der Waals surface area contributed by atoms with Crippen molar-refractivity contribution < 1.29 is 19.4 Å². The SMILES string of the molecule is N#Cc1ccc(NC(=O)O[C@@H](CCC/C=C/C(=O)Nc2ccccc2N)c2cc(Br)ccc2O)cc1. The first-order valence-corrected chi connectivity index (χ1v) is 11.9. The highest BCUT2D eigenvalue weighted by atomic mass is 79.9. The summed E-state index contributed by atoms with van der Waals surface area (Å²) in [7, 11) is 0. The van der Waals surface area contributed by atoms with Gasteiger partial charge in [-0.25, -0.2) is 4.79 Å². The van der Waals surface area contributed by atoms with Crippen LogP contribution in [0.4, 0.5) is 21.9 Å². The first-order valence-electron chi connectivity index (χ1n) is 11.1. The van der Waals surface area contributed by atoms with Crippen LogP contribution < -0.4 is 16.4 Å². The van der Waals surface area contributed by atoms with Crippen LogP contribution in [0.5, 0.6) is 5.75 Å². The lowest BCUT2D eigenvalue weighted by molar-refractivity contribution is -0.111. The molecule has 0 aromatic heterocycles. The molecule has 0 aliphatic carbocycles. The summed E-state index contributed by atoms with van der Waals surface area (Å²) >= 11 is 3.38. The number of para-hydroxylation sites is 2. The average molecular weight is 549 g/mol. The van der Waals surface area contributed by atoms with Gasteiger partial charge in [0.25, 0.3) is 0 Å². The van der Waals surface area contributed by atoms with Crippen molar-refractivity contribution in [1.82, 2.24) is 0 Å². The number of allylic oxidation sites excluding steroid dienone is 1. The Hall–Kier alpha value is -4.29. The minimum atomic E-state index is -0.729. The van der Waals surface area contributed by atoms with Gasteiger partial charge in [-0.05, 0) is 79.9 Å². The van der Waals surface area contributed by atoms with Gasteiger partial charge in [0.1, 0.15) is 11.9 Å². The minimum absolute atomic E-state index is 0.00439. The fraction of sp³-hybridized carbons (Fsp3) is 0.148. The molecule has 0 radical (unpaired) electrons. The smallest absolute Gasteiger partial charge is 0.412 e. The van der Waals surface area contributed by atoms with E-state index < -0.39 is 12.2 Å². The third-order valence-electron chi connectivity index (χ3n) is 5.17. The predicted octanol–water partition coefficient (Wildman–Crippen LogP) is 6.26. The molecule has 0 spiro atoms. The lowest BCUT2D eigenvalue weighted by Gasteiger charge is -2.20. The Kier molecular flexibility index (Phi) is 9.48. The topological polar surface area (TPSA) is 137 Å². The Bertz CT molecular complexity index is 1290. The molecule has 1 atom stereocenters. The van der Waals surface area contributed by atoms with E-state index in [0.29, 0.717) is 47.5 Å². The van der Waals surface area contributed by atoms with Gasteiger partial charge in [0.2, 0.25) is 5.91 Å². The molecule has 3 aromatic rings. The lowest BCUT2D eigenvalue weighted by atomic mass is 10.0. The molecule has 0 saturated heterocycles. The Balaban J connectivity index is 1.60. The zero-order chi connectivity index (χ0) is 25.9. The Morgan fingerprint density at radius 1 is 1.11 bits per heavy atom. The van der Waals surface area contributed by atoms with Crippen molar-refractivity contribution in [2.75, 3.05) is 16.4 Å². The van der Waals surface area contributed by atoms with Crippen molar-refractivity contribution in [3.8, 4) is 11.8 Å². The van der Waals surface area contributed by atoms with Gasteiger partial charge in [0.15, 0.2) is 0 Å². The summed E-state index contributed by atoms with van der Waals surface area (Å²) in [5.41, 5.74) is 8.26. The highest BCUT2D eigenvalue weighted by molar-refractivity contribution is 9.10. The number of anilines is 3. The van der Waals surface area contributed by atoms with Crippen LogP contribution in [0.3, 0.4) is 0 Å². The van der Waals surface area contributed by atoms with E-state index >= 15 is 0 Å². The van der Waals surface area contributed by atoms with Gasteiger partial charge in [-0.15, -0.1) is 0 Å². The number of carbonyl (C=O) groups is 2. The van der Waals surface area contributed by atoms with E-state index in [0.717, 1.165) is 4.47 Å². The van der Waals surface area contributed by atoms with E-state index in [1.807, 2.05) is 6.07 Å². The molecule has 0 bridgehead atoms. The summed E-state index contributed by atoms with van der Waals surface area (Å²) in [6, 6.07) is 20.3. The van der Waals surface area contributed by atoms with E-state index in [4.69, 9.17) is 15.7 Å². The number of benzene rings is 3. The van der Waals surface area contributed by atoms with Gasteiger partial charge >= 0.3 is 6.09 Å². The molecule has 0 unspecified atom stereocenters. The molecule has 5 N–H and O–H groups in total. The standard InChI is InChI=1S/C27H25BrN4O4/c28-19-12-15-24(33)21(16-19)25(36-27(35)31-20-13-10-18(17-29)11-14-20)8-2-1-3-9-26(34)32-23-7-5-4-6-22(23)30/h3-7,9-16,25,33H,1-2,8,30H2,(H,31,35)(H,32,34)/b9-3+/t25-/m0/s1. The van der Waals surface area contributed by atoms with Gasteiger partial charge in [0, 0.05) is 15.7 Å². The highest BCUT2D eigenvalue weighted by Gasteiger charge is 2.20. The van der Waals surface area contributed by atoms with Crippen molar-refractivity contribution in [2.45, 2.75) is 25.4 Å². The third kappa shape index (κ3) is 7.89.